The number of carbonyl (C=O) groups is 1. The molecule has 0 saturated heterocycles. The average Bonchev–Trinajstić information content (AvgIpc) is 2.74. The van der Waals surface area contributed by atoms with Crippen LogP contribution in [0.2, 0.25) is 0 Å². The molecule has 1 aromatic heterocycles. The zero-order chi connectivity index (χ0) is 13.8. The Morgan fingerprint density at radius 2 is 2.17 bits per heavy atom. The van der Waals surface area contributed by atoms with Crippen molar-refractivity contribution >= 4 is 29.0 Å². The Morgan fingerprint density at radius 3 is 2.72 bits per heavy atom. The van der Waals surface area contributed by atoms with Crippen LogP contribution in [0, 0.1) is 0 Å². The number of hydrogen-bond acceptors (Lipinski definition) is 4. The molecule has 1 aromatic rings. The van der Waals surface area contributed by atoms with Crippen LogP contribution >= 0.6 is 23.1 Å². The lowest BCUT2D eigenvalue weighted by atomic mass is 9.91. The van der Waals surface area contributed by atoms with E-state index in [9.17, 15) is 4.79 Å². The van der Waals surface area contributed by atoms with Crippen molar-refractivity contribution in [3.63, 3.8) is 0 Å². The van der Waals surface area contributed by atoms with Gasteiger partial charge >= 0.3 is 0 Å². The maximum absolute atomic E-state index is 12.0. The van der Waals surface area contributed by atoms with Gasteiger partial charge in [-0.25, -0.2) is 0 Å². The Kier molecular flexibility index (Phi) is 5.53. The summed E-state index contributed by atoms with van der Waals surface area (Å²) < 4.78 is 3.87. The second-order valence-corrected chi connectivity index (χ2v) is 6.67. The molecule has 0 saturated carbocycles. The van der Waals surface area contributed by atoms with Crippen molar-refractivity contribution in [2.75, 3.05) is 6.54 Å². The Hall–Kier alpha value is -0.680. The number of nitrogens with zero attached hydrogens (tertiary/aromatic N) is 2. The summed E-state index contributed by atoms with van der Waals surface area (Å²) >= 11 is 7.21. The Bertz CT molecular complexity index is 400. The van der Waals surface area contributed by atoms with E-state index in [4.69, 9.17) is 11.6 Å². The van der Waals surface area contributed by atoms with Crippen LogP contribution in [0.4, 0.5) is 0 Å². The van der Waals surface area contributed by atoms with E-state index in [-0.39, 0.29) is 16.7 Å². The average molecular weight is 290 g/mol. The van der Waals surface area contributed by atoms with Crippen LogP contribution in [0.3, 0.4) is 0 Å². The first-order chi connectivity index (χ1) is 8.36. The van der Waals surface area contributed by atoms with Crippen LogP contribution in [0.5, 0.6) is 0 Å². The summed E-state index contributed by atoms with van der Waals surface area (Å²) in [5, 5.41) is 6.87. The van der Waals surface area contributed by atoms with Gasteiger partial charge in [0, 0.05) is 12.0 Å². The summed E-state index contributed by atoms with van der Waals surface area (Å²) in [5.41, 5.74) is 0.565. The van der Waals surface area contributed by atoms with E-state index in [0.717, 1.165) is 30.1 Å². The van der Waals surface area contributed by atoms with Gasteiger partial charge in [0.15, 0.2) is 0 Å². The normalized spacial score (nSPS) is 13.4. The van der Waals surface area contributed by atoms with Gasteiger partial charge in [0.2, 0.25) is 0 Å². The van der Waals surface area contributed by atoms with Gasteiger partial charge in [-0.15, -0.1) is 16.7 Å². The van der Waals surface area contributed by atoms with E-state index in [2.05, 4.69) is 21.8 Å². The fourth-order valence-electron chi connectivity index (χ4n) is 1.53. The highest BCUT2D eigenvalue weighted by Gasteiger charge is 2.26. The van der Waals surface area contributed by atoms with E-state index >= 15 is 0 Å². The van der Waals surface area contributed by atoms with E-state index in [1.54, 1.807) is 0 Å². The highest BCUT2D eigenvalue weighted by atomic mass is 35.5. The second-order valence-electron chi connectivity index (χ2n) is 5.30. The molecule has 0 aromatic carbocycles. The maximum Gasteiger partial charge on any atom is 0.265 e. The molecule has 0 fully saturated rings. The highest BCUT2D eigenvalue weighted by Crippen LogP contribution is 2.25. The third kappa shape index (κ3) is 4.21. The standard InChI is InChI=1S/C12H20ClN3OS/c1-5-6-8(13)7-14-11(17)9-10(12(2,3)4)15-16-18-9/h8H,5-7H2,1-4H3,(H,14,17). The van der Waals surface area contributed by atoms with Crippen LogP contribution < -0.4 is 5.32 Å². The van der Waals surface area contributed by atoms with Crippen LogP contribution in [-0.4, -0.2) is 27.4 Å². The monoisotopic (exact) mass is 289 g/mol. The third-order valence-corrected chi connectivity index (χ3v) is 3.59. The van der Waals surface area contributed by atoms with E-state index < -0.39 is 0 Å². The van der Waals surface area contributed by atoms with Crippen molar-refractivity contribution < 1.29 is 4.79 Å². The van der Waals surface area contributed by atoms with Crippen molar-refractivity contribution in [3.8, 4) is 0 Å². The third-order valence-electron chi connectivity index (χ3n) is 2.49. The molecule has 0 radical (unpaired) electrons. The minimum absolute atomic E-state index is 0.0158. The molecule has 102 valence electrons. The summed E-state index contributed by atoms with van der Waals surface area (Å²) in [5.74, 6) is -0.128. The number of aromatic nitrogens is 2. The summed E-state index contributed by atoms with van der Waals surface area (Å²) in [7, 11) is 0. The first kappa shape index (κ1) is 15.4. The topological polar surface area (TPSA) is 54.9 Å². The van der Waals surface area contributed by atoms with Gasteiger partial charge in [0.1, 0.15) is 4.88 Å². The number of carbonyl (C=O) groups excluding carboxylic acids is 1. The molecule has 0 aliphatic carbocycles. The molecule has 0 bridgehead atoms. The number of amides is 1. The molecular formula is C12H20ClN3OS. The Balaban J connectivity index is 2.65. The molecule has 0 aliphatic heterocycles. The van der Waals surface area contributed by atoms with Crippen LogP contribution in [0.25, 0.3) is 0 Å². The van der Waals surface area contributed by atoms with Crippen LogP contribution in [0.15, 0.2) is 0 Å². The molecule has 1 amide bonds. The van der Waals surface area contributed by atoms with Crippen molar-refractivity contribution in [1.29, 1.82) is 0 Å². The van der Waals surface area contributed by atoms with Gasteiger partial charge in [-0.05, 0) is 18.0 Å². The molecule has 1 heterocycles. The molecule has 0 spiro atoms. The van der Waals surface area contributed by atoms with Crippen LogP contribution in [-0.2, 0) is 5.41 Å². The molecule has 1 atom stereocenters. The molecule has 1 N–H and O–H groups in total. The Morgan fingerprint density at radius 1 is 1.50 bits per heavy atom. The smallest absolute Gasteiger partial charge is 0.265 e. The summed E-state index contributed by atoms with van der Waals surface area (Å²) in [4.78, 5) is 12.6. The molecular weight excluding hydrogens is 270 g/mol. The zero-order valence-corrected chi connectivity index (χ0v) is 12.9. The first-order valence-corrected chi connectivity index (χ1v) is 7.32. The van der Waals surface area contributed by atoms with Gasteiger partial charge in [0.25, 0.3) is 5.91 Å². The fourth-order valence-corrected chi connectivity index (χ4v) is 2.62. The van der Waals surface area contributed by atoms with Crippen molar-refractivity contribution in [2.45, 2.75) is 51.3 Å². The number of alkyl halides is 1. The van der Waals surface area contributed by atoms with Gasteiger partial charge in [-0.2, -0.15) is 0 Å². The largest absolute Gasteiger partial charge is 0.350 e. The fraction of sp³-hybridized carbons (Fsp3) is 0.750. The van der Waals surface area contributed by atoms with Gasteiger partial charge < -0.3 is 5.32 Å². The maximum atomic E-state index is 12.0. The summed E-state index contributed by atoms with van der Waals surface area (Å²) in [6.45, 7) is 8.60. The minimum atomic E-state index is -0.177. The molecule has 4 nitrogen and oxygen atoms in total. The predicted molar refractivity (Wildman–Crippen MR) is 75.5 cm³/mol. The highest BCUT2D eigenvalue weighted by molar-refractivity contribution is 7.08. The molecule has 18 heavy (non-hydrogen) atoms. The zero-order valence-electron chi connectivity index (χ0n) is 11.3. The number of hydrogen-bond donors (Lipinski definition) is 1. The van der Waals surface area contributed by atoms with Gasteiger partial charge in [-0.1, -0.05) is 38.6 Å². The predicted octanol–water partition coefficient (Wildman–Crippen LogP) is 2.97. The molecule has 1 rings (SSSR count). The Labute approximate surface area is 117 Å². The van der Waals surface area contributed by atoms with Crippen molar-refractivity contribution in [2.24, 2.45) is 0 Å². The summed E-state index contributed by atoms with van der Waals surface area (Å²) in [6.07, 6.45) is 1.91. The van der Waals surface area contributed by atoms with E-state index in [1.807, 2.05) is 20.8 Å². The van der Waals surface area contributed by atoms with Gasteiger partial charge in [0.05, 0.1) is 11.1 Å². The quantitative estimate of drug-likeness (QED) is 0.848. The van der Waals surface area contributed by atoms with Crippen molar-refractivity contribution in [3.05, 3.63) is 10.6 Å². The number of rotatable bonds is 5. The van der Waals surface area contributed by atoms with E-state index in [0.29, 0.717) is 11.4 Å². The SMILES string of the molecule is CCCC(Cl)CNC(=O)c1snnc1C(C)(C)C. The first-order valence-electron chi connectivity index (χ1n) is 6.11. The van der Waals surface area contributed by atoms with Gasteiger partial charge in [-0.3, -0.25) is 4.79 Å². The lowest BCUT2D eigenvalue weighted by Crippen LogP contribution is -2.31. The number of nitrogens with one attached hydrogen (secondary N) is 1. The number of halogens is 1. The second kappa shape index (κ2) is 6.48. The van der Waals surface area contributed by atoms with Crippen molar-refractivity contribution in [1.82, 2.24) is 14.9 Å². The lowest BCUT2D eigenvalue weighted by Gasteiger charge is -2.16. The molecule has 0 aliphatic rings. The minimum Gasteiger partial charge on any atom is -0.350 e. The lowest BCUT2D eigenvalue weighted by molar-refractivity contribution is 0.0955. The van der Waals surface area contributed by atoms with Crippen LogP contribution in [0.1, 0.15) is 55.9 Å². The van der Waals surface area contributed by atoms with E-state index in [1.165, 1.54) is 0 Å². The summed E-state index contributed by atoms with van der Waals surface area (Å²) in [6, 6.07) is 0. The molecule has 1 unspecified atom stereocenters. The molecule has 6 heteroatoms.